The van der Waals surface area contributed by atoms with Crippen LogP contribution in [0.1, 0.15) is 17.0 Å². The first-order valence-corrected chi connectivity index (χ1v) is 6.62. The second-order valence-electron chi connectivity index (χ2n) is 5.13. The van der Waals surface area contributed by atoms with E-state index in [4.69, 9.17) is 0 Å². The Hall–Kier alpha value is -2.18. The maximum Gasteiger partial charge on any atom is 0.223 e. The zero-order valence-corrected chi connectivity index (χ0v) is 12.2. The van der Waals surface area contributed by atoms with Crippen LogP contribution in [0.15, 0.2) is 35.4 Å². The molecule has 2 aromatic rings. The summed E-state index contributed by atoms with van der Waals surface area (Å²) in [6.45, 7) is 0.594. The molecule has 112 valence electrons. The Labute approximate surface area is 122 Å². The molecule has 0 unspecified atom stereocenters. The molecule has 2 aromatic heterocycles. The summed E-state index contributed by atoms with van der Waals surface area (Å²) in [5.41, 5.74) is 1.48. The quantitative estimate of drug-likeness (QED) is 0.840. The van der Waals surface area contributed by atoms with Crippen molar-refractivity contribution in [3.8, 4) is 5.75 Å². The lowest BCUT2D eigenvalue weighted by Gasteiger charge is -2.21. The van der Waals surface area contributed by atoms with Gasteiger partial charge < -0.3 is 19.7 Å². The Morgan fingerprint density at radius 2 is 1.95 bits per heavy atom. The Kier molecular flexibility index (Phi) is 4.72. The molecule has 0 spiro atoms. The summed E-state index contributed by atoms with van der Waals surface area (Å²) < 4.78 is 1.77. The summed E-state index contributed by atoms with van der Waals surface area (Å²) in [7, 11) is 3.71. The topological polar surface area (TPSA) is 78.6 Å². The maximum atomic E-state index is 11.8. The highest BCUT2D eigenvalue weighted by atomic mass is 16.3. The smallest absolute Gasteiger partial charge is 0.223 e. The third kappa shape index (κ3) is 3.48. The first-order chi connectivity index (χ1) is 10.0. The van der Waals surface area contributed by atoms with Crippen molar-refractivity contribution in [3.63, 3.8) is 0 Å². The zero-order chi connectivity index (χ0) is 15.4. The van der Waals surface area contributed by atoms with Gasteiger partial charge >= 0.3 is 0 Å². The third-order valence-electron chi connectivity index (χ3n) is 3.19. The van der Waals surface area contributed by atoms with Crippen LogP contribution < -0.4 is 5.43 Å². The average molecular weight is 289 g/mol. The van der Waals surface area contributed by atoms with E-state index in [-0.39, 0.29) is 12.4 Å². The zero-order valence-electron chi connectivity index (χ0n) is 12.2. The van der Waals surface area contributed by atoms with Crippen LogP contribution in [0.5, 0.6) is 5.75 Å². The first kappa shape index (κ1) is 15.2. The lowest BCUT2D eigenvalue weighted by molar-refractivity contribution is 0.266. The van der Waals surface area contributed by atoms with Crippen LogP contribution in [-0.4, -0.2) is 38.8 Å². The van der Waals surface area contributed by atoms with E-state index in [9.17, 15) is 15.0 Å². The molecule has 0 atom stereocenters. The Bertz CT molecular complexity index is 666. The molecule has 0 fully saturated rings. The minimum absolute atomic E-state index is 0.263. The molecular weight excluding hydrogens is 270 g/mol. The molecule has 0 aliphatic carbocycles. The fraction of sp³-hybridized carbons (Fsp3) is 0.333. The van der Waals surface area contributed by atoms with Gasteiger partial charge in [0, 0.05) is 37.2 Å². The van der Waals surface area contributed by atoms with E-state index in [1.165, 1.54) is 6.07 Å². The summed E-state index contributed by atoms with van der Waals surface area (Å²) in [6.07, 6.45) is 3.36. The lowest BCUT2D eigenvalue weighted by Crippen LogP contribution is -2.23. The fourth-order valence-corrected chi connectivity index (χ4v) is 2.20. The minimum Gasteiger partial charge on any atom is -0.503 e. The second-order valence-corrected chi connectivity index (χ2v) is 5.13. The summed E-state index contributed by atoms with van der Waals surface area (Å²) >= 11 is 0. The van der Waals surface area contributed by atoms with Crippen molar-refractivity contribution in [1.29, 1.82) is 0 Å². The summed E-state index contributed by atoms with van der Waals surface area (Å²) in [5.74, 6) is -0.269. The number of aliphatic hydroxyl groups excluding tert-OH is 1. The predicted octanol–water partition coefficient (Wildman–Crippen LogP) is 0.551. The van der Waals surface area contributed by atoms with Crippen molar-refractivity contribution in [1.82, 2.24) is 14.5 Å². The summed E-state index contributed by atoms with van der Waals surface area (Å²) in [6, 6.07) is 4.99. The van der Waals surface area contributed by atoms with E-state index in [0.717, 1.165) is 5.56 Å². The standard InChI is InChI=1S/C15H19N3O3/c1-17(2)9-13-15(21)14(20)7-12(10-19)18(13)8-11-3-5-16-6-4-11/h3-7,19,21H,8-10H2,1-2H3. The number of aliphatic hydroxyl groups is 1. The SMILES string of the molecule is CN(C)Cc1c(O)c(=O)cc(CO)n1Cc1ccncc1. The van der Waals surface area contributed by atoms with Gasteiger partial charge in [0.15, 0.2) is 5.75 Å². The van der Waals surface area contributed by atoms with E-state index in [0.29, 0.717) is 24.5 Å². The Morgan fingerprint density at radius 3 is 2.52 bits per heavy atom. The molecule has 0 bridgehead atoms. The molecule has 6 nitrogen and oxygen atoms in total. The van der Waals surface area contributed by atoms with Crippen LogP contribution in [0.25, 0.3) is 0 Å². The second kappa shape index (κ2) is 6.51. The number of aromatic hydroxyl groups is 1. The van der Waals surface area contributed by atoms with Gasteiger partial charge in [-0.3, -0.25) is 9.78 Å². The Balaban J connectivity index is 2.55. The molecule has 0 aromatic carbocycles. The molecule has 0 saturated heterocycles. The van der Waals surface area contributed by atoms with Crippen LogP contribution in [-0.2, 0) is 19.7 Å². The molecule has 0 aliphatic rings. The Morgan fingerprint density at radius 1 is 1.29 bits per heavy atom. The van der Waals surface area contributed by atoms with Crippen LogP contribution in [0.4, 0.5) is 0 Å². The van der Waals surface area contributed by atoms with E-state index < -0.39 is 5.43 Å². The third-order valence-corrected chi connectivity index (χ3v) is 3.19. The van der Waals surface area contributed by atoms with E-state index in [1.54, 1.807) is 17.0 Å². The van der Waals surface area contributed by atoms with E-state index in [2.05, 4.69) is 4.98 Å². The van der Waals surface area contributed by atoms with Crippen LogP contribution >= 0.6 is 0 Å². The average Bonchev–Trinajstić information content (AvgIpc) is 2.47. The molecule has 21 heavy (non-hydrogen) atoms. The highest BCUT2D eigenvalue weighted by Crippen LogP contribution is 2.18. The van der Waals surface area contributed by atoms with Crippen LogP contribution in [0.2, 0.25) is 0 Å². The van der Waals surface area contributed by atoms with Gasteiger partial charge in [-0.2, -0.15) is 0 Å². The van der Waals surface area contributed by atoms with Gasteiger partial charge in [0.25, 0.3) is 0 Å². The van der Waals surface area contributed by atoms with Crippen molar-refractivity contribution < 1.29 is 10.2 Å². The van der Waals surface area contributed by atoms with Crippen LogP contribution in [0.3, 0.4) is 0 Å². The van der Waals surface area contributed by atoms with Crippen molar-refractivity contribution in [2.24, 2.45) is 0 Å². The number of aromatic nitrogens is 2. The molecule has 2 heterocycles. The maximum absolute atomic E-state index is 11.8. The number of nitrogens with zero attached hydrogens (tertiary/aromatic N) is 3. The lowest BCUT2D eigenvalue weighted by atomic mass is 10.2. The van der Waals surface area contributed by atoms with Crippen molar-refractivity contribution in [2.75, 3.05) is 14.1 Å². The van der Waals surface area contributed by atoms with Crippen molar-refractivity contribution >= 4 is 0 Å². The van der Waals surface area contributed by atoms with Gasteiger partial charge in [-0.1, -0.05) is 0 Å². The fourth-order valence-electron chi connectivity index (χ4n) is 2.20. The summed E-state index contributed by atoms with van der Waals surface area (Å²) in [5, 5.41) is 19.6. The van der Waals surface area contributed by atoms with Gasteiger partial charge in [0.1, 0.15) is 0 Å². The monoisotopic (exact) mass is 289 g/mol. The molecular formula is C15H19N3O3. The van der Waals surface area contributed by atoms with Gasteiger partial charge in [0.05, 0.1) is 12.3 Å². The molecule has 0 radical (unpaired) electrons. The van der Waals surface area contributed by atoms with Gasteiger partial charge in [0.2, 0.25) is 5.43 Å². The highest BCUT2D eigenvalue weighted by molar-refractivity contribution is 5.31. The number of hydrogen-bond donors (Lipinski definition) is 2. The summed E-state index contributed by atoms with van der Waals surface area (Å²) in [4.78, 5) is 17.6. The molecule has 0 amide bonds. The number of rotatable bonds is 5. The molecule has 0 aliphatic heterocycles. The van der Waals surface area contributed by atoms with Gasteiger partial charge in [-0.15, -0.1) is 0 Å². The van der Waals surface area contributed by atoms with Crippen LogP contribution in [0, 0.1) is 0 Å². The van der Waals surface area contributed by atoms with Crippen molar-refractivity contribution in [3.05, 3.63) is 57.8 Å². The van der Waals surface area contributed by atoms with E-state index in [1.807, 2.05) is 31.1 Å². The minimum atomic E-state index is -0.470. The molecule has 2 rings (SSSR count). The highest BCUT2D eigenvalue weighted by Gasteiger charge is 2.15. The van der Waals surface area contributed by atoms with Crippen molar-refractivity contribution in [2.45, 2.75) is 19.7 Å². The molecule has 0 saturated carbocycles. The molecule has 6 heteroatoms. The largest absolute Gasteiger partial charge is 0.503 e. The van der Waals surface area contributed by atoms with E-state index >= 15 is 0 Å². The molecule has 2 N–H and O–H groups in total. The normalized spacial score (nSPS) is 11.0. The first-order valence-electron chi connectivity index (χ1n) is 6.62. The predicted molar refractivity (Wildman–Crippen MR) is 79.0 cm³/mol. The number of pyridine rings is 2. The van der Waals surface area contributed by atoms with Gasteiger partial charge in [-0.05, 0) is 31.8 Å². The van der Waals surface area contributed by atoms with Gasteiger partial charge in [-0.25, -0.2) is 0 Å². The number of hydrogen-bond acceptors (Lipinski definition) is 5.